The van der Waals surface area contributed by atoms with Crippen molar-refractivity contribution < 1.29 is 4.79 Å². The van der Waals surface area contributed by atoms with E-state index in [1.54, 1.807) is 0 Å². The van der Waals surface area contributed by atoms with E-state index in [0.29, 0.717) is 17.3 Å². The van der Waals surface area contributed by atoms with Crippen LogP contribution in [-0.2, 0) is 4.79 Å². The zero-order valence-corrected chi connectivity index (χ0v) is 10.5. The average Bonchev–Trinajstić information content (AvgIpc) is 2.27. The molecule has 0 saturated heterocycles. The summed E-state index contributed by atoms with van der Waals surface area (Å²) in [6.45, 7) is 8.58. The van der Waals surface area contributed by atoms with Crippen molar-refractivity contribution in [1.29, 1.82) is 0 Å². The summed E-state index contributed by atoms with van der Waals surface area (Å²) >= 11 is 0. The van der Waals surface area contributed by atoms with Gasteiger partial charge in [0.05, 0.1) is 0 Å². The van der Waals surface area contributed by atoms with Crippen LogP contribution in [0.3, 0.4) is 0 Å². The second kappa shape index (κ2) is 4.20. The second-order valence-electron chi connectivity index (χ2n) is 5.86. The molecule has 1 heteroatoms. The van der Waals surface area contributed by atoms with Gasteiger partial charge in [0, 0.05) is 0 Å². The highest BCUT2D eigenvalue weighted by Crippen LogP contribution is 2.52. The van der Waals surface area contributed by atoms with Gasteiger partial charge in [-0.1, -0.05) is 25.2 Å². The maximum absolute atomic E-state index is 10.8. The SMILES string of the molecule is C=C(C=O)C1CCC2(C)CCC=C(C)C2C1. The number of rotatable bonds is 2. The fourth-order valence-electron chi connectivity index (χ4n) is 3.60. The van der Waals surface area contributed by atoms with Gasteiger partial charge in [-0.3, -0.25) is 4.79 Å². The van der Waals surface area contributed by atoms with Crippen molar-refractivity contribution in [2.24, 2.45) is 17.3 Å². The molecule has 0 aromatic carbocycles. The number of fused-ring (bicyclic) bond motifs is 1. The third-order valence-electron chi connectivity index (χ3n) is 4.83. The Bertz CT molecular complexity index is 339. The maximum atomic E-state index is 10.8. The lowest BCUT2D eigenvalue weighted by molar-refractivity contribution is -0.105. The Hall–Kier alpha value is -0.850. The number of hydrogen-bond acceptors (Lipinski definition) is 1. The Morgan fingerprint density at radius 3 is 3.00 bits per heavy atom. The van der Waals surface area contributed by atoms with Gasteiger partial charge in [-0.2, -0.15) is 0 Å². The van der Waals surface area contributed by atoms with E-state index in [1.165, 1.54) is 24.8 Å². The first kappa shape index (κ1) is 11.6. The first-order chi connectivity index (χ1) is 7.57. The van der Waals surface area contributed by atoms with Crippen molar-refractivity contribution in [1.82, 2.24) is 0 Å². The standard InChI is InChI=1S/C15H22O/c1-11-5-4-7-15(3)8-6-13(9-14(11)15)12(2)10-16/h5,10,13-14H,2,4,6-9H2,1,3H3. The van der Waals surface area contributed by atoms with Gasteiger partial charge in [0.15, 0.2) is 0 Å². The van der Waals surface area contributed by atoms with E-state index in [1.807, 2.05) is 0 Å². The first-order valence-electron chi connectivity index (χ1n) is 6.37. The molecule has 0 bridgehead atoms. The molecular formula is C15H22O. The number of hydrogen-bond donors (Lipinski definition) is 0. The molecule has 0 N–H and O–H groups in total. The summed E-state index contributed by atoms with van der Waals surface area (Å²) in [5.74, 6) is 1.11. The topological polar surface area (TPSA) is 17.1 Å². The van der Waals surface area contributed by atoms with Crippen LogP contribution in [0.5, 0.6) is 0 Å². The van der Waals surface area contributed by atoms with Gasteiger partial charge in [0.25, 0.3) is 0 Å². The van der Waals surface area contributed by atoms with Crippen LogP contribution in [0.4, 0.5) is 0 Å². The molecular weight excluding hydrogens is 196 g/mol. The van der Waals surface area contributed by atoms with Crippen LogP contribution in [0.25, 0.3) is 0 Å². The molecule has 3 atom stereocenters. The van der Waals surface area contributed by atoms with Crippen molar-refractivity contribution in [3.8, 4) is 0 Å². The number of aldehydes is 1. The zero-order valence-electron chi connectivity index (χ0n) is 10.5. The van der Waals surface area contributed by atoms with E-state index in [0.717, 1.165) is 24.7 Å². The predicted octanol–water partition coefficient (Wildman–Crippen LogP) is 3.90. The van der Waals surface area contributed by atoms with Crippen molar-refractivity contribution in [2.75, 3.05) is 0 Å². The molecule has 0 heterocycles. The monoisotopic (exact) mass is 218 g/mol. The van der Waals surface area contributed by atoms with Crippen LogP contribution in [0.15, 0.2) is 23.8 Å². The lowest BCUT2D eigenvalue weighted by atomic mass is 9.57. The van der Waals surface area contributed by atoms with Gasteiger partial charge in [-0.05, 0) is 61.9 Å². The molecule has 2 rings (SSSR count). The zero-order chi connectivity index (χ0) is 11.8. The largest absolute Gasteiger partial charge is 0.298 e. The molecule has 0 radical (unpaired) electrons. The van der Waals surface area contributed by atoms with Gasteiger partial charge in [0.2, 0.25) is 0 Å². The summed E-state index contributed by atoms with van der Waals surface area (Å²) in [7, 11) is 0. The quantitative estimate of drug-likeness (QED) is 0.390. The van der Waals surface area contributed by atoms with E-state index in [9.17, 15) is 4.79 Å². The minimum atomic E-state index is 0.428. The Morgan fingerprint density at radius 2 is 2.31 bits per heavy atom. The summed E-state index contributed by atoms with van der Waals surface area (Å²) in [6.07, 6.45) is 9.43. The van der Waals surface area contributed by atoms with Crippen molar-refractivity contribution in [2.45, 2.75) is 46.0 Å². The lowest BCUT2D eigenvalue weighted by Crippen LogP contribution is -2.37. The third kappa shape index (κ3) is 1.88. The van der Waals surface area contributed by atoms with Crippen LogP contribution in [-0.4, -0.2) is 6.29 Å². The fraction of sp³-hybridized carbons (Fsp3) is 0.667. The van der Waals surface area contributed by atoms with Crippen molar-refractivity contribution in [3.63, 3.8) is 0 Å². The maximum Gasteiger partial charge on any atom is 0.145 e. The van der Waals surface area contributed by atoms with E-state index >= 15 is 0 Å². The molecule has 1 nitrogen and oxygen atoms in total. The summed E-state index contributed by atoms with van der Waals surface area (Å²) in [6, 6.07) is 0. The molecule has 16 heavy (non-hydrogen) atoms. The van der Waals surface area contributed by atoms with Crippen LogP contribution in [0.2, 0.25) is 0 Å². The average molecular weight is 218 g/mol. The molecule has 2 aliphatic carbocycles. The molecule has 1 fully saturated rings. The van der Waals surface area contributed by atoms with Gasteiger partial charge in [-0.15, -0.1) is 0 Å². The number of carbonyl (C=O) groups excluding carboxylic acids is 1. The fourth-order valence-corrected chi connectivity index (χ4v) is 3.60. The molecule has 2 aliphatic rings. The van der Waals surface area contributed by atoms with Crippen molar-refractivity contribution in [3.05, 3.63) is 23.8 Å². The second-order valence-corrected chi connectivity index (χ2v) is 5.86. The van der Waals surface area contributed by atoms with Crippen LogP contribution in [0, 0.1) is 17.3 Å². The number of carbonyl (C=O) groups is 1. The smallest absolute Gasteiger partial charge is 0.145 e. The summed E-state index contributed by atoms with van der Waals surface area (Å²) < 4.78 is 0. The van der Waals surface area contributed by atoms with E-state index in [2.05, 4.69) is 26.5 Å². The predicted molar refractivity (Wildman–Crippen MR) is 67.1 cm³/mol. The van der Waals surface area contributed by atoms with Gasteiger partial charge >= 0.3 is 0 Å². The van der Waals surface area contributed by atoms with Crippen LogP contribution >= 0.6 is 0 Å². The first-order valence-corrected chi connectivity index (χ1v) is 6.37. The van der Waals surface area contributed by atoms with Gasteiger partial charge in [0.1, 0.15) is 6.29 Å². The molecule has 0 aliphatic heterocycles. The minimum absolute atomic E-state index is 0.428. The van der Waals surface area contributed by atoms with Gasteiger partial charge < -0.3 is 0 Å². The molecule has 3 unspecified atom stereocenters. The summed E-state index contributed by atoms with van der Waals surface area (Å²) in [4.78, 5) is 10.8. The summed E-state index contributed by atoms with van der Waals surface area (Å²) in [5.41, 5.74) is 2.83. The Kier molecular flexibility index (Phi) is 3.05. The molecule has 0 spiro atoms. The van der Waals surface area contributed by atoms with Crippen molar-refractivity contribution >= 4 is 6.29 Å². The van der Waals surface area contributed by atoms with Gasteiger partial charge in [-0.25, -0.2) is 0 Å². The lowest BCUT2D eigenvalue weighted by Gasteiger charge is -2.47. The molecule has 88 valence electrons. The third-order valence-corrected chi connectivity index (χ3v) is 4.83. The Morgan fingerprint density at radius 1 is 1.56 bits per heavy atom. The van der Waals surface area contributed by atoms with E-state index < -0.39 is 0 Å². The molecule has 0 aromatic heterocycles. The van der Waals surface area contributed by atoms with Crippen LogP contribution < -0.4 is 0 Å². The highest BCUT2D eigenvalue weighted by Gasteiger charge is 2.42. The minimum Gasteiger partial charge on any atom is -0.298 e. The molecule has 0 aromatic rings. The number of allylic oxidation sites excluding steroid dienone is 3. The summed E-state index contributed by atoms with van der Waals surface area (Å²) in [5, 5.41) is 0. The normalized spacial score (nSPS) is 38.5. The highest BCUT2D eigenvalue weighted by molar-refractivity contribution is 5.72. The van der Waals surface area contributed by atoms with Crippen LogP contribution in [0.1, 0.15) is 46.0 Å². The molecule has 0 amide bonds. The Labute approximate surface area is 98.6 Å². The van der Waals surface area contributed by atoms with E-state index in [4.69, 9.17) is 0 Å². The molecule has 1 saturated carbocycles. The Balaban J connectivity index is 2.18. The van der Waals surface area contributed by atoms with E-state index in [-0.39, 0.29) is 0 Å². The highest BCUT2D eigenvalue weighted by atomic mass is 16.1.